The molecule has 0 spiro atoms. The Morgan fingerprint density at radius 3 is 2.56 bits per heavy atom. The molecule has 0 aliphatic carbocycles. The lowest BCUT2D eigenvalue weighted by Gasteiger charge is -2.20. The molecule has 0 aromatic carbocycles. The van der Waals surface area contributed by atoms with Crippen molar-refractivity contribution in [3.05, 3.63) is 17.3 Å². The maximum absolute atomic E-state index is 12.8. The monoisotopic (exact) mass is 264 g/mol. The number of halogens is 3. The molecule has 1 unspecified atom stereocenters. The minimum absolute atomic E-state index is 0.0470. The van der Waals surface area contributed by atoms with E-state index in [1.54, 1.807) is 13.8 Å². The first kappa shape index (κ1) is 13.4. The van der Waals surface area contributed by atoms with Crippen molar-refractivity contribution in [1.29, 1.82) is 0 Å². The molecule has 1 atom stereocenters. The van der Waals surface area contributed by atoms with E-state index in [-0.39, 0.29) is 24.2 Å². The number of alkyl halides is 3. The number of ether oxygens (including phenoxy) is 1. The SMILES string of the molecule is CC(C)c1oc(C2COCCN2)nc1C(F)(F)F. The fraction of sp³-hybridized carbons (Fsp3) is 0.727. The van der Waals surface area contributed by atoms with Gasteiger partial charge in [-0.1, -0.05) is 13.8 Å². The van der Waals surface area contributed by atoms with Gasteiger partial charge in [-0.05, 0) is 0 Å². The van der Waals surface area contributed by atoms with Crippen LogP contribution < -0.4 is 5.32 Å². The molecule has 1 saturated heterocycles. The fourth-order valence-corrected chi connectivity index (χ4v) is 1.82. The average Bonchev–Trinajstić information content (AvgIpc) is 2.74. The molecule has 7 heteroatoms. The van der Waals surface area contributed by atoms with E-state index in [2.05, 4.69) is 10.3 Å². The van der Waals surface area contributed by atoms with Gasteiger partial charge < -0.3 is 14.5 Å². The predicted octanol–water partition coefficient (Wildman–Crippen LogP) is 2.48. The summed E-state index contributed by atoms with van der Waals surface area (Å²) in [5, 5.41) is 3.02. The molecule has 0 radical (unpaired) electrons. The summed E-state index contributed by atoms with van der Waals surface area (Å²) in [5.41, 5.74) is -0.931. The van der Waals surface area contributed by atoms with Gasteiger partial charge in [-0.3, -0.25) is 0 Å². The zero-order chi connectivity index (χ0) is 13.3. The third-order valence-corrected chi connectivity index (χ3v) is 2.68. The molecule has 1 fully saturated rings. The zero-order valence-corrected chi connectivity index (χ0v) is 10.2. The summed E-state index contributed by atoms with van der Waals surface area (Å²) < 4.78 is 48.9. The highest BCUT2D eigenvalue weighted by atomic mass is 19.4. The Labute approximate surface area is 103 Å². The Bertz CT molecular complexity index is 409. The van der Waals surface area contributed by atoms with Gasteiger partial charge in [0, 0.05) is 12.5 Å². The first-order valence-corrected chi connectivity index (χ1v) is 5.78. The van der Waals surface area contributed by atoms with Gasteiger partial charge in [-0.15, -0.1) is 0 Å². The van der Waals surface area contributed by atoms with Crippen molar-refractivity contribution in [2.24, 2.45) is 0 Å². The van der Waals surface area contributed by atoms with Gasteiger partial charge in [0.15, 0.2) is 5.69 Å². The molecular weight excluding hydrogens is 249 g/mol. The Hall–Kier alpha value is -1.08. The molecule has 1 aromatic heterocycles. The van der Waals surface area contributed by atoms with Crippen molar-refractivity contribution < 1.29 is 22.3 Å². The van der Waals surface area contributed by atoms with Crippen LogP contribution in [0.25, 0.3) is 0 Å². The van der Waals surface area contributed by atoms with E-state index in [4.69, 9.17) is 9.15 Å². The minimum Gasteiger partial charge on any atom is -0.443 e. The number of hydrogen-bond acceptors (Lipinski definition) is 4. The van der Waals surface area contributed by atoms with Crippen LogP contribution in [0.15, 0.2) is 4.42 Å². The molecule has 2 heterocycles. The second kappa shape index (κ2) is 4.89. The van der Waals surface area contributed by atoms with E-state index < -0.39 is 17.9 Å². The number of oxazole rings is 1. The molecule has 0 saturated carbocycles. The number of hydrogen-bond donors (Lipinski definition) is 1. The van der Waals surface area contributed by atoms with Crippen LogP contribution in [-0.4, -0.2) is 24.7 Å². The highest BCUT2D eigenvalue weighted by Gasteiger charge is 2.40. The Morgan fingerprint density at radius 1 is 1.39 bits per heavy atom. The summed E-state index contributed by atoms with van der Waals surface area (Å²) in [4.78, 5) is 3.59. The molecule has 2 rings (SSSR count). The van der Waals surface area contributed by atoms with Crippen LogP contribution in [0, 0.1) is 0 Å². The second-order valence-corrected chi connectivity index (χ2v) is 4.50. The molecule has 0 amide bonds. The molecule has 1 aliphatic rings. The van der Waals surface area contributed by atoms with Crippen molar-refractivity contribution in [3.63, 3.8) is 0 Å². The summed E-state index contributed by atoms with van der Waals surface area (Å²) >= 11 is 0. The summed E-state index contributed by atoms with van der Waals surface area (Å²) in [7, 11) is 0. The van der Waals surface area contributed by atoms with Crippen molar-refractivity contribution in [2.45, 2.75) is 32.0 Å². The highest BCUT2D eigenvalue weighted by molar-refractivity contribution is 5.18. The van der Waals surface area contributed by atoms with Crippen molar-refractivity contribution in [1.82, 2.24) is 10.3 Å². The van der Waals surface area contributed by atoms with Gasteiger partial charge in [-0.25, -0.2) is 4.98 Å². The highest BCUT2D eigenvalue weighted by Crippen LogP contribution is 2.36. The number of morpholine rings is 1. The third-order valence-electron chi connectivity index (χ3n) is 2.68. The van der Waals surface area contributed by atoms with Crippen molar-refractivity contribution >= 4 is 0 Å². The summed E-state index contributed by atoms with van der Waals surface area (Å²) in [6, 6.07) is -0.410. The van der Waals surface area contributed by atoms with Crippen LogP contribution in [0.4, 0.5) is 13.2 Å². The molecule has 0 bridgehead atoms. The summed E-state index contributed by atoms with van der Waals surface area (Å²) in [6.45, 7) is 4.68. The van der Waals surface area contributed by atoms with Crippen molar-refractivity contribution in [3.8, 4) is 0 Å². The Balaban J connectivity index is 2.32. The second-order valence-electron chi connectivity index (χ2n) is 4.50. The number of rotatable bonds is 2. The van der Waals surface area contributed by atoms with Gasteiger partial charge in [-0.2, -0.15) is 13.2 Å². The van der Waals surface area contributed by atoms with Gasteiger partial charge in [0.1, 0.15) is 11.8 Å². The smallest absolute Gasteiger partial charge is 0.436 e. The summed E-state index contributed by atoms with van der Waals surface area (Å²) in [6.07, 6.45) is -4.49. The fourth-order valence-electron chi connectivity index (χ4n) is 1.82. The van der Waals surface area contributed by atoms with Crippen LogP contribution in [0.1, 0.15) is 43.2 Å². The lowest BCUT2D eigenvalue weighted by atomic mass is 10.1. The number of aromatic nitrogens is 1. The summed E-state index contributed by atoms with van der Waals surface area (Å²) in [5.74, 6) is -0.442. The zero-order valence-electron chi connectivity index (χ0n) is 10.2. The molecule has 18 heavy (non-hydrogen) atoms. The Kier molecular flexibility index (Phi) is 3.63. The third kappa shape index (κ3) is 2.67. The lowest BCUT2D eigenvalue weighted by molar-refractivity contribution is -0.142. The average molecular weight is 264 g/mol. The molecular formula is C11H15F3N2O2. The lowest BCUT2D eigenvalue weighted by Crippen LogP contribution is -2.34. The molecule has 102 valence electrons. The van der Waals surface area contributed by atoms with Gasteiger partial charge in [0.2, 0.25) is 5.89 Å². The van der Waals surface area contributed by atoms with E-state index in [1.165, 1.54) is 0 Å². The minimum atomic E-state index is -4.49. The van der Waals surface area contributed by atoms with E-state index in [0.717, 1.165) is 0 Å². The molecule has 1 aliphatic heterocycles. The van der Waals surface area contributed by atoms with E-state index in [1.807, 2.05) is 0 Å². The van der Waals surface area contributed by atoms with Crippen LogP contribution in [0.3, 0.4) is 0 Å². The van der Waals surface area contributed by atoms with Gasteiger partial charge in [0.05, 0.1) is 13.2 Å². The Morgan fingerprint density at radius 2 is 2.11 bits per heavy atom. The number of nitrogens with zero attached hydrogens (tertiary/aromatic N) is 1. The van der Waals surface area contributed by atoms with E-state index >= 15 is 0 Å². The van der Waals surface area contributed by atoms with Crippen molar-refractivity contribution in [2.75, 3.05) is 19.8 Å². The molecule has 4 nitrogen and oxygen atoms in total. The van der Waals surface area contributed by atoms with E-state index in [9.17, 15) is 13.2 Å². The predicted molar refractivity (Wildman–Crippen MR) is 57.2 cm³/mol. The van der Waals surface area contributed by atoms with E-state index in [0.29, 0.717) is 13.2 Å². The van der Waals surface area contributed by atoms with Crippen LogP contribution in [0.2, 0.25) is 0 Å². The first-order valence-electron chi connectivity index (χ1n) is 5.78. The standard InChI is InChI=1S/C11H15F3N2O2/c1-6(2)8-9(11(12,13)14)16-10(18-8)7-5-17-4-3-15-7/h6-7,15H,3-5H2,1-2H3. The van der Waals surface area contributed by atoms with Gasteiger partial charge >= 0.3 is 6.18 Å². The maximum Gasteiger partial charge on any atom is 0.436 e. The molecule has 1 N–H and O–H groups in total. The molecule has 1 aromatic rings. The van der Waals surface area contributed by atoms with Crippen LogP contribution >= 0.6 is 0 Å². The quantitative estimate of drug-likeness (QED) is 0.891. The van der Waals surface area contributed by atoms with Crippen LogP contribution in [-0.2, 0) is 10.9 Å². The maximum atomic E-state index is 12.8. The number of nitrogens with one attached hydrogen (secondary N) is 1. The van der Waals surface area contributed by atoms with Gasteiger partial charge in [0.25, 0.3) is 0 Å². The van der Waals surface area contributed by atoms with Crippen LogP contribution in [0.5, 0.6) is 0 Å². The topological polar surface area (TPSA) is 47.3 Å². The normalized spacial score (nSPS) is 21.6. The largest absolute Gasteiger partial charge is 0.443 e. The first-order chi connectivity index (χ1) is 8.39.